The van der Waals surface area contributed by atoms with Crippen molar-refractivity contribution < 1.29 is 19.7 Å². The number of aromatic hydroxyl groups is 1. The first-order valence-corrected chi connectivity index (χ1v) is 4.95. The molecule has 0 amide bonds. The van der Waals surface area contributed by atoms with Crippen molar-refractivity contribution in [2.24, 2.45) is 0 Å². The predicted octanol–water partition coefficient (Wildman–Crippen LogP) is 1.68. The Hall–Kier alpha value is -1.42. The van der Waals surface area contributed by atoms with E-state index < -0.39 is 0 Å². The van der Waals surface area contributed by atoms with Crippen LogP contribution in [0.1, 0.15) is 19.4 Å². The molecule has 1 aromatic carbocycles. The minimum atomic E-state index is -0.276. The summed E-state index contributed by atoms with van der Waals surface area (Å²) >= 11 is 0. The number of hydrogen-bond acceptors (Lipinski definition) is 4. The lowest BCUT2D eigenvalue weighted by molar-refractivity contribution is 0.254. The van der Waals surface area contributed by atoms with E-state index in [1.807, 2.05) is 13.8 Å². The number of aliphatic hydroxyl groups excluding tert-OH is 1. The second-order valence-corrected chi connectivity index (χ2v) is 2.91. The van der Waals surface area contributed by atoms with E-state index in [4.69, 9.17) is 14.6 Å². The molecule has 0 aromatic heterocycles. The van der Waals surface area contributed by atoms with Gasteiger partial charge in [-0.2, -0.15) is 0 Å². The minimum absolute atomic E-state index is 0.0506. The van der Waals surface area contributed by atoms with Gasteiger partial charge in [0.15, 0.2) is 11.5 Å². The molecule has 1 rings (SSSR count). The number of phenols is 1. The Morgan fingerprint density at radius 3 is 2.13 bits per heavy atom. The fourth-order valence-electron chi connectivity index (χ4n) is 1.31. The molecule has 0 aliphatic rings. The summed E-state index contributed by atoms with van der Waals surface area (Å²) in [4.78, 5) is 0. The van der Waals surface area contributed by atoms with Crippen molar-refractivity contribution in [3.05, 3.63) is 17.7 Å². The van der Waals surface area contributed by atoms with Gasteiger partial charge in [-0.1, -0.05) is 0 Å². The number of ether oxygens (including phenoxy) is 2. The second-order valence-electron chi connectivity index (χ2n) is 2.91. The van der Waals surface area contributed by atoms with Crippen LogP contribution in [0.25, 0.3) is 0 Å². The summed E-state index contributed by atoms with van der Waals surface area (Å²) in [6, 6.07) is 3.31. The summed E-state index contributed by atoms with van der Waals surface area (Å²) in [7, 11) is 0. The van der Waals surface area contributed by atoms with Crippen molar-refractivity contribution in [2.45, 2.75) is 20.5 Å². The Kier molecular flexibility index (Phi) is 4.24. The normalized spacial score (nSPS) is 10.1. The highest BCUT2D eigenvalue weighted by Gasteiger charge is 2.13. The molecule has 0 bridgehead atoms. The van der Waals surface area contributed by atoms with Crippen LogP contribution in [-0.2, 0) is 6.61 Å². The van der Waals surface area contributed by atoms with E-state index >= 15 is 0 Å². The van der Waals surface area contributed by atoms with E-state index in [2.05, 4.69) is 0 Å². The lowest BCUT2D eigenvalue weighted by Gasteiger charge is -2.13. The molecule has 0 atom stereocenters. The monoisotopic (exact) mass is 212 g/mol. The van der Waals surface area contributed by atoms with E-state index in [0.29, 0.717) is 30.3 Å². The molecule has 0 heterocycles. The highest BCUT2D eigenvalue weighted by Crippen LogP contribution is 2.36. The first-order valence-electron chi connectivity index (χ1n) is 4.95. The third-order valence-electron chi connectivity index (χ3n) is 1.96. The predicted molar refractivity (Wildman–Crippen MR) is 56.4 cm³/mol. The molecule has 0 aliphatic heterocycles. The zero-order chi connectivity index (χ0) is 11.3. The first kappa shape index (κ1) is 11.7. The Labute approximate surface area is 89.1 Å². The third kappa shape index (κ3) is 2.53. The van der Waals surface area contributed by atoms with Gasteiger partial charge in [-0.3, -0.25) is 0 Å². The molecule has 0 spiro atoms. The van der Waals surface area contributed by atoms with Crippen molar-refractivity contribution in [1.82, 2.24) is 0 Å². The lowest BCUT2D eigenvalue weighted by Crippen LogP contribution is -1.99. The van der Waals surface area contributed by atoms with Gasteiger partial charge in [-0.15, -0.1) is 0 Å². The Morgan fingerprint density at radius 1 is 1.07 bits per heavy atom. The van der Waals surface area contributed by atoms with Crippen LogP contribution < -0.4 is 9.47 Å². The summed E-state index contributed by atoms with van der Waals surface area (Å²) in [5, 5.41) is 18.9. The quantitative estimate of drug-likeness (QED) is 0.779. The van der Waals surface area contributed by atoms with Gasteiger partial charge < -0.3 is 19.7 Å². The van der Waals surface area contributed by atoms with Crippen LogP contribution in [0.15, 0.2) is 12.1 Å². The van der Waals surface area contributed by atoms with E-state index in [1.165, 1.54) is 0 Å². The molecular formula is C11H16O4. The summed E-state index contributed by atoms with van der Waals surface area (Å²) in [6.07, 6.45) is 0. The van der Waals surface area contributed by atoms with E-state index in [1.54, 1.807) is 12.1 Å². The molecule has 4 nitrogen and oxygen atoms in total. The molecule has 0 aliphatic carbocycles. The molecule has 0 fully saturated rings. The average molecular weight is 212 g/mol. The minimum Gasteiger partial charge on any atom is -0.504 e. The molecule has 0 radical (unpaired) electrons. The fraction of sp³-hybridized carbons (Fsp3) is 0.455. The van der Waals surface area contributed by atoms with Crippen molar-refractivity contribution in [2.75, 3.05) is 13.2 Å². The summed E-state index contributed by atoms with van der Waals surface area (Å²) in [5.74, 6) is 0.802. The van der Waals surface area contributed by atoms with Crippen LogP contribution in [0.4, 0.5) is 0 Å². The van der Waals surface area contributed by atoms with E-state index in [-0.39, 0.29) is 12.4 Å². The van der Waals surface area contributed by atoms with Crippen LogP contribution in [0.2, 0.25) is 0 Å². The maximum atomic E-state index is 9.76. The van der Waals surface area contributed by atoms with Crippen molar-refractivity contribution in [3.8, 4) is 17.2 Å². The van der Waals surface area contributed by atoms with Crippen LogP contribution in [0.5, 0.6) is 17.2 Å². The van der Waals surface area contributed by atoms with Gasteiger partial charge in [0, 0.05) is 0 Å². The zero-order valence-corrected chi connectivity index (χ0v) is 8.99. The number of rotatable bonds is 5. The Morgan fingerprint density at radius 2 is 1.60 bits per heavy atom. The maximum Gasteiger partial charge on any atom is 0.167 e. The molecule has 15 heavy (non-hydrogen) atoms. The molecule has 2 N–H and O–H groups in total. The highest BCUT2D eigenvalue weighted by atomic mass is 16.5. The molecular weight excluding hydrogens is 196 g/mol. The number of hydrogen-bond donors (Lipinski definition) is 2. The van der Waals surface area contributed by atoms with Crippen LogP contribution >= 0.6 is 0 Å². The number of benzene rings is 1. The zero-order valence-electron chi connectivity index (χ0n) is 8.99. The average Bonchev–Trinajstić information content (AvgIpc) is 2.23. The standard InChI is InChI=1S/C11H16O4/c1-3-14-9-5-6-10(15-4-2)11(13)8(9)7-12/h5-6,12-13H,3-4,7H2,1-2H3. The van der Waals surface area contributed by atoms with Crippen molar-refractivity contribution >= 4 is 0 Å². The van der Waals surface area contributed by atoms with Crippen molar-refractivity contribution in [3.63, 3.8) is 0 Å². The highest BCUT2D eigenvalue weighted by molar-refractivity contribution is 5.52. The topological polar surface area (TPSA) is 58.9 Å². The molecule has 0 saturated heterocycles. The van der Waals surface area contributed by atoms with E-state index in [0.717, 1.165) is 0 Å². The van der Waals surface area contributed by atoms with Crippen LogP contribution in [-0.4, -0.2) is 23.4 Å². The lowest BCUT2D eigenvalue weighted by atomic mass is 10.1. The fourth-order valence-corrected chi connectivity index (χ4v) is 1.31. The third-order valence-corrected chi connectivity index (χ3v) is 1.96. The molecule has 84 valence electrons. The van der Waals surface area contributed by atoms with Crippen LogP contribution in [0.3, 0.4) is 0 Å². The van der Waals surface area contributed by atoms with Crippen molar-refractivity contribution in [1.29, 1.82) is 0 Å². The van der Waals surface area contributed by atoms with Gasteiger partial charge in [0.1, 0.15) is 5.75 Å². The summed E-state index contributed by atoms with van der Waals surface area (Å²) < 4.78 is 10.5. The van der Waals surface area contributed by atoms with Gasteiger partial charge in [0.25, 0.3) is 0 Å². The first-order chi connectivity index (χ1) is 7.24. The van der Waals surface area contributed by atoms with Gasteiger partial charge in [0.05, 0.1) is 25.4 Å². The smallest absolute Gasteiger partial charge is 0.167 e. The molecule has 4 heteroatoms. The summed E-state index contributed by atoms with van der Waals surface area (Å²) in [5.41, 5.74) is 0.364. The second kappa shape index (κ2) is 5.46. The largest absolute Gasteiger partial charge is 0.504 e. The van der Waals surface area contributed by atoms with Gasteiger partial charge in [0.2, 0.25) is 0 Å². The SMILES string of the molecule is CCOc1ccc(OCC)c(CO)c1O. The Balaban J connectivity index is 3.08. The Bertz CT molecular complexity index is 323. The van der Waals surface area contributed by atoms with Crippen LogP contribution in [0, 0.1) is 0 Å². The van der Waals surface area contributed by atoms with E-state index in [9.17, 15) is 5.11 Å². The maximum absolute atomic E-state index is 9.76. The summed E-state index contributed by atoms with van der Waals surface area (Å²) in [6.45, 7) is 4.35. The molecule has 1 aromatic rings. The van der Waals surface area contributed by atoms with Gasteiger partial charge in [-0.05, 0) is 26.0 Å². The molecule has 0 unspecified atom stereocenters. The van der Waals surface area contributed by atoms with Gasteiger partial charge >= 0.3 is 0 Å². The van der Waals surface area contributed by atoms with Gasteiger partial charge in [-0.25, -0.2) is 0 Å². The molecule has 0 saturated carbocycles. The number of aliphatic hydroxyl groups is 1.